The van der Waals surface area contributed by atoms with Gasteiger partial charge in [0.2, 0.25) is 5.91 Å². The number of thioether (sulfide) groups is 1. The molecular weight excluding hydrogens is 244 g/mol. The predicted molar refractivity (Wildman–Crippen MR) is 78.3 cm³/mol. The van der Waals surface area contributed by atoms with E-state index in [1.165, 1.54) is 11.3 Å². The molecule has 1 aromatic carbocycles. The molecule has 4 heteroatoms. The number of benzene rings is 1. The van der Waals surface area contributed by atoms with Gasteiger partial charge in [0.25, 0.3) is 0 Å². The summed E-state index contributed by atoms with van der Waals surface area (Å²) in [4.78, 5) is 11.9. The van der Waals surface area contributed by atoms with Crippen molar-refractivity contribution in [3.05, 3.63) is 29.8 Å². The van der Waals surface area contributed by atoms with Crippen LogP contribution in [0.4, 0.5) is 5.69 Å². The molecule has 0 saturated carbocycles. The fourth-order valence-corrected chi connectivity index (χ4v) is 2.43. The standard InChI is InChI=1S/C14H20N2OS/c1-10(18-2)8-16-14(17)7-11-9-15-13-6-4-3-5-12(11)13/h3-6,10-11,15H,7-9H2,1-2H3,(H,16,17). The van der Waals surface area contributed by atoms with E-state index in [9.17, 15) is 4.79 Å². The number of carbonyl (C=O) groups excluding carboxylic acids is 1. The molecule has 18 heavy (non-hydrogen) atoms. The maximum atomic E-state index is 11.9. The van der Waals surface area contributed by atoms with Crippen LogP contribution >= 0.6 is 11.8 Å². The Morgan fingerprint density at radius 1 is 1.56 bits per heavy atom. The van der Waals surface area contributed by atoms with Gasteiger partial charge in [0.05, 0.1) is 0 Å². The van der Waals surface area contributed by atoms with E-state index in [0.717, 1.165) is 13.1 Å². The van der Waals surface area contributed by atoms with Gasteiger partial charge in [-0.2, -0.15) is 11.8 Å². The van der Waals surface area contributed by atoms with E-state index in [4.69, 9.17) is 0 Å². The number of nitrogens with one attached hydrogen (secondary N) is 2. The van der Waals surface area contributed by atoms with Gasteiger partial charge in [-0.3, -0.25) is 4.79 Å². The fourth-order valence-electron chi connectivity index (χ4n) is 2.18. The van der Waals surface area contributed by atoms with Crippen LogP contribution < -0.4 is 10.6 Å². The zero-order valence-corrected chi connectivity index (χ0v) is 11.7. The summed E-state index contributed by atoms with van der Waals surface area (Å²) in [5.74, 6) is 0.463. The molecule has 0 bridgehead atoms. The van der Waals surface area contributed by atoms with Gasteiger partial charge in [-0.25, -0.2) is 0 Å². The van der Waals surface area contributed by atoms with E-state index >= 15 is 0 Å². The molecule has 1 aliphatic rings. The summed E-state index contributed by atoms with van der Waals surface area (Å²) in [5.41, 5.74) is 2.44. The average Bonchev–Trinajstić information content (AvgIpc) is 2.79. The van der Waals surface area contributed by atoms with Crippen LogP contribution in [0.15, 0.2) is 24.3 Å². The van der Waals surface area contributed by atoms with Crippen molar-refractivity contribution < 1.29 is 4.79 Å². The number of para-hydroxylation sites is 1. The number of anilines is 1. The summed E-state index contributed by atoms with van der Waals surface area (Å²) in [6.07, 6.45) is 2.64. The Bertz CT molecular complexity index is 422. The molecule has 0 fully saturated rings. The quantitative estimate of drug-likeness (QED) is 0.858. The van der Waals surface area contributed by atoms with Gasteiger partial charge in [0.1, 0.15) is 0 Å². The molecule has 2 rings (SSSR count). The van der Waals surface area contributed by atoms with Crippen molar-refractivity contribution in [2.45, 2.75) is 24.5 Å². The minimum absolute atomic E-state index is 0.152. The maximum Gasteiger partial charge on any atom is 0.220 e. The first-order valence-corrected chi connectivity index (χ1v) is 7.61. The van der Waals surface area contributed by atoms with Crippen molar-refractivity contribution in [1.82, 2.24) is 5.32 Å². The Morgan fingerprint density at radius 3 is 3.11 bits per heavy atom. The highest BCUT2D eigenvalue weighted by atomic mass is 32.2. The lowest BCUT2D eigenvalue weighted by atomic mass is 9.97. The lowest BCUT2D eigenvalue weighted by Gasteiger charge is -2.13. The Kier molecular flexibility index (Phi) is 4.53. The van der Waals surface area contributed by atoms with Crippen molar-refractivity contribution >= 4 is 23.4 Å². The monoisotopic (exact) mass is 264 g/mol. The largest absolute Gasteiger partial charge is 0.384 e. The van der Waals surface area contributed by atoms with E-state index < -0.39 is 0 Å². The van der Waals surface area contributed by atoms with Crippen LogP contribution in [0.5, 0.6) is 0 Å². The van der Waals surface area contributed by atoms with Crippen LogP contribution in [0.2, 0.25) is 0 Å². The first kappa shape index (κ1) is 13.3. The molecule has 2 unspecified atom stereocenters. The highest BCUT2D eigenvalue weighted by molar-refractivity contribution is 7.99. The third-order valence-electron chi connectivity index (χ3n) is 3.36. The SMILES string of the molecule is CSC(C)CNC(=O)CC1CNc2ccccc21. The van der Waals surface area contributed by atoms with Crippen molar-refractivity contribution in [1.29, 1.82) is 0 Å². The molecule has 1 aromatic rings. The number of fused-ring (bicyclic) bond motifs is 1. The number of rotatable bonds is 5. The molecule has 3 nitrogen and oxygen atoms in total. The minimum Gasteiger partial charge on any atom is -0.384 e. The van der Waals surface area contributed by atoms with E-state index in [0.29, 0.717) is 17.6 Å². The molecule has 2 atom stereocenters. The first-order valence-electron chi connectivity index (χ1n) is 6.33. The van der Waals surface area contributed by atoms with Crippen molar-refractivity contribution in [2.75, 3.05) is 24.7 Å². The maximum absolute atomic E-state index is 11.9. The third kappa shape index (κ3) is 3.19. The molecule has 2 N–H and O–H groups in total. The summed E-state index contributed by atoms with van der Waals surface area (Å²) >= 11 is 1.77. The van der Waals surface area contributed by atoms with Crippen LogP contribution in [-0.2, 0) is 4.79 Å². The minimum atomic E-state index is 0.152. The van der Waals surface area contributed by atoms with Crippen molar-refractivity contribution in [2.24, 2.45) is 0 Å². The summed E-state index contributed by atoms with van der Waals surface area (Å²) in [6.45, 7) is 3.74. The van der Waals surface area contributed by atoms with Gasteiger partial charge in [-0.05, 0) is 17.9 Å². The Morgan fingerprint density at radius 2 is 2.33 bits per heavy atom. The summed E-state index contributed by atoms with van der Waals surface area (Å²) < 4.78 is 0. The van der Waals surface area contributed by atoms with Crippen LogP contribution in [-0.4, -0.2) is 30.5 Å². The highest BCUT2D eigenvalue weighted by Gasteiger charge is 2.23. The Hall–Kier alpha value is -1.16. The second kappa shape index (κ2) is 6.14. The van der Waals surface area contributed by atoms with E-state index in [1.54, 1.807) is 11.8 Å². The van der Waals surface area contributed by atoms with Gasteiger partial charge >= 0.3 is 0 Å². The Labute approximate surface area is 113 Å². The van der Waals surface area contributed by atoms with Gasteiger partial charge in [0, 0.05) is 36.4 Å². The summed E-state index contributed by atoms with van der Waals surface area (Å²) in [7, 11) is 0. The molecule has 0 spiro atoms. The second-order valence-electron chi connectivity index (χ2n) is 4.72. The average molecular weight is 264 g/mol. The van der Waals surface area contributed by atoms with Crippen molar-refractivity contribution in [3.8, 4) is 0 Å². The molecule has 1 amide bonds. The Balaban J connectivity index is 1.86. The van der Waals surface area contributed by atoms with Crippen LogP contribution in [0.3, 0.4) is 0 Å². The number of carbonyl (C=O) groups is 1. The molecule has 1 heterocycles. The lowest BCUT2D eigenvalue weighted by molar-refractivity contribution is -0.121. The third-order valence-corrected chi connectivity index (χ3v) is 4.33. The summed E-state index contributed by atoms with van der Waals surface area (Å²) in [5, 5.41) is 6.83. The zero-order chi connectivity index (χ0) is 13.0. The molecule has 0 radical (unpaired) electrons. The molecule has 0 aliphatic carbocycles. The highest BCUT2D eigenvalue weighted by Crippen LogP contribution is 2.32. The van der Waals surface area contributed by atoms with Crippen molar-refractivity contribution in [3.63, 3.8) is 0 Å². The van der Waals surface area contributed by atoms with Crippen LogP contribution in [0.1, 0.15) is 24.8 Å². The van der Waals surface area contributed by atoms with E-state index in [-0.39, 0.29) is 5.91 Å². The molecule has 98 valence electrons. The van der Waals surface area contributed by atoms with Gasteiger partial charge in [-0.15, -0.1) is 0 Å². The van der Waals surface area contributed by atoms with E-state index in [1.807, 2.05) is 12.1 Å². The fraction of sp³-hybridized carbons (Fsp3) is 0.500. The molecular formula is C14H20N2OS. The molecule has 1 aliphatic heterocycles. The summed E-state index contributed by atoms with van der Waals surface area (Å²) in [6, 6.07) is 8.24. The smallest absolute Gasteiger partial charge is 0.220 e. The second-order valence-corrected chi connectivity index (χ2v) is 6.00. The zero-order valence-electron chi connectivity index (χ0n) is 10.9. The number of hydrogen-bond donors (Lipinski definition) is 2. The normalized spacial score (nSPS) is 18.9. The number of amides is 1. The topological polar surface area (TPSA) is 41.1 Å². The lowest BCUT2D eigenvalue weighted by Crippen LogP contribution is -2.30. The first-order chi connectivity index (χ1) is 8.70. The van der Waals surface area contributed by atoms with Gasteiger partial charge < -0.3 is 10.6 Å². The number of hydrogen-bond acceptors (Lipinski definition) is 3. The van der Waals surface area contributed by atoms with Crippen LogP contribution in [0, 0.1) is 0 Å². The molecule has 0 saturated heterocycles. The van der Waals surface area contributed by atoms with Gasteiger partial charge in [-0.1, -0.05) is 25.1 Å². The van der Waals surface area contributed by atoms with E-state index in [2.05, 4.69) is 35.9 Å². The molecule has 0 aromatic heterocycles. The van der Waals surface area contributed by atoms with Crippen LogP contribution in [0.25, 0.3) is 0 Å². The predicted octanol–water partition coefficient (Wildman–Crippen LogP) is 2.45. The van der Waals surface area contributed by atoms with Gasteiger partial charge in [0.15, 0.2) is 0 Å².